The topological polar surface area (TPSA) is 49.6 Å². The lowest BCUT2D eigenvalue weighted by molar-refractivity contribution is 0.174. The standard InChI is InChI=1S/C14H21N3O/c1-14(2,3)12-9-17(13(18)16(12)4)11-7-5-10(15)6-8-11/h5-8,12H,9,15H2,1-4H3. The molecule has 2 amide bonds. The van der Waals surface area contributed by atoms with E-state index in [4.69, 9.17) is 5.73 Å². The number of nitrogens with two attached hydrogens (primary N) is 1. The smallest absolute Gasteiger partial charge is 0.324 e. The Morgan fingerprint density at radius 1 is 1.22 bits per heavy atom. The van der Waals surface area contributed by atoms with E-state index in [0.29, 0.717) is 5.69 Å². The minimum atomic E-state index is 0.0553. The van der Waals surface area contributed by atoms with Gasteiger partial charge >= 0.3 is 6.03 Å². The summed E-state index contributed by atoms with van der Waals surface area (Å²) in [5.74, 6) is 0. The molecule has 1 fully saturated rings. The van der Waals surface area contributed by atoms with Crippen molar-refractivity contribution in [1.82, 2.24) is 4.90 Å². The first-order valence-electron chi connectivity index (χ1n) is 6.20. The summed E-state index contributed by atoms with van der Waals surface area (Å²) in [5.41, 5.74) is 7.37. The summed E-state index contributed by atoms with van der Waals surface area (Å²) in [4.78, 5) is 15.9. The molecular formula is C14H21N3O. The lowest BCUT2D eigenvalue weighted by atomic mass is 9.86. The van der Waals surface area contributed by atoms with Crippen LogP contribution in [0.15, 0.2) is 24.3 Å². The molecule has 1 aromatic rings. The van der Waals surface area contributed by atoms with Gasteiger partial charge in [0.05, 0.1) is 6.04 Å². The molecule has 1 unspecified atom stereocenters. The van der Waals surface area contributed by atoms with Gasteiger partial charge in [-0.25, -0.2) is 4.79 Å². The molecule has 4 heteroatoms. The minimum absolute atomic E-state index is 0.0553. The molecule has 1 aliphatic rings. The Morgan fingerprint density at radius 3 is 2.22 bits per heavy atom. The van der Waals surface area contributed by atoms with Gasteiger partial charge in [-0.05, 0) is 29.7 Å². The van der Waals surface area contributed by atoms with Crippen molar-refractivity contribution in [2.75, 3.05) is 24.2 Å². The van der Waals surface area contributed by atoms with Crippen LogP contribution in [0.1, 0.15) is 20.8 Å². The lowest BCUT2D eigenvalue weighted by Gasteiger charge is -2.30. The van der Waals surface area contributed by atoms with E-state index in [2.05, 4.69) is 20.8 Å². The molecule has 0 aromatic heterocycles. The summed E-state index contributed by atoms with van der Waals surface area (Å²) in [6, 6.07) is 7.72. The largest absolute Gasteiger partial charge is 0.399 e. The van der Waals surface area contributed by atoms with Gasteiger partial charge in [-0.15, -0.1) is 0 Å². The first-order chi connectivity index (χ1) is 8.30. The van der Waals surface area contributed by atoms with E-state index in [1.165, 1.54) is 0 Å². The Morgan fingerprint density at radius 2 is 1.78 bits per heavy atom. The summed E-state index contributed by atoms with van der Waals surface area (Å²) in [7, 11) is 1.87. The number of rotatable bonds is 1. The number of anilines is 2. The molecule has 2 N–H and O–H groups in total. The number of hydrogen-bond donors (Lipinski definition) is 1. The summed E-state index contributed by atoms with van der Waals surface area (Å²) in [6.07, 6.45) is 0. The zero-order valence-corrected chi connectivity index (χ0v) is 11.5. The van der Waals surface area contributed by atoms with Gasteiger partial charge in [0.2, 0.25) is 0 Å². The van der Waals surface area contributed by atoms with Gasteiger partial charge in [-0.3, -0.25) is 4.90 Å². The van der Waals surface area contributed by atoms with Gasteiger partial charge < -0.3 is 10.6 Å². The van der Waals surface area contributed by atoms with Crippen LogP contribution in [0.4, 0.5) is 16.2 Å². The van der Waals surface area contributed by atoms with Gasteiger partial charge in [0, 0.05) is 25.0 Å². The monoisotopic (exact) mass is 247 g/mol. The molecule has 98 valence electrons. The van der Waals surface area contributed by atoms with Crippen LogP contribution in [-0.2, 0) is 0 Å². The predicted molar refractivity (Wildman–Crippen MR) is 74.6 cm³/mol. The van der Waals surface area contributed by atoms with Crippen molar-refractivity contribution in [3.63, 3.8) is 0 Å². The van der Waals surface area contributed by atoms with Crippen molar-refractivity contribution >= 4 is 17.4 Å². The molecule has 2 rings (SSSR count). The van der Waals surface area contributed by atoms with E-state index in [1.54, 1.807) is 0 Å². The Bertz CT molecular complexity index is 447. The molecular weight excluding hydrogens is 226 g/mol. The van der Waals surface area contributed by atoms with Gasteiger partial charge in [-0.2, -0.15) is 0 Å². The highest BCUT2D eigenvalue weighted by molar-refractivity contribution is 5.94. The average Bonchev–Trinajstić information content (AvgIpc) is 2.57. The quantitative estimate of drug-likeness (QED) is 0.775. The first-order valence-corrected chi connectivity index (χ1v) is 6.20. The molecule has 18 heavy (non-hydrogen) atoms. The second kappa shape index (κ2) is 4.19. The first kappa shape index (κ1) is 12.7. The van der Waals surface area contributed by atoms with Gasteiger partial charge in [0.15, 0.2) is 0 Å². The van der Waals surface area contributed by atoms with Crippen LogP contribution in [0.3, 0.4) is 0 Å². The van der Waals surface area contributed by atoms with Crippen molar-refractivity contribution < 1.29 is 4.79 Å². The van der Waals surface area contributed by atoms with Crippen LogP contribution in [-0.4, -0.2) is 30.6 Å². The summed E-state index contributed by atoms with van der Waals surface area (Å²) in [5, 5.41) is 0. The number of nitrogens with zero attached hydrogens (tertiary/aromatic N) is 2. The van der Waals surface area contributed by atoms with E-state index in [1.807, 2.05) is 41.1 Å². The van der Waals surface area contributed by atoms with Crippen molar-refractivity contribution in [2.45, 2.75) is 26.8 Å². The van der Waals surface area contributed by atoms with E-state index >= 15 is 0 Å². The van der Waals surface area contributed by atoms with Gasteiger partial charge in [-0.1, -0.05) is 20.8 Å². The normalized spacial score (nSPS) is 20.7. The van der Waals surface area contributed by atoms with Crippen LogP contribution in [0.5, 0.6) is 0 Å². The van der Waals surface area contributed by atoms with Crippen molar-refractivity contribution in [3.05, 3.63) is 24.3 Å². The van der Waals surface area contributed by atoms with E-state index in [0.717, 1.165) is 12.2 Å². The van der Waals surface area contributed by atoms with Crippen molar-refractivity contribution in [1.29, 1.82) is 0 Å². The Labute approximate surface area is 108 Å². The third-order valence-corrected chi connectivity index (χ3v) is 3.56. The van der Waals surface area contributed by atoms with Crippen LogP contribution >= 0.6 is 0 Å². The number of amides is 2. The number of carbonyl (C=O) groups excluding carboxylic acids is 1. The van der Waals surface area contributed by atoms with Crippen LogP contribution in [0, 0.1) is 5.41 Å². The molecule has 4 nitrogen and oxygen atoms in total. The second-order valence-corrected chi connectivity index (χ2v) is 5.98. The summed E-state index contributed by atoms with van der Waals surface area (Å²) < 4.78 is 0. The summed E-state index contributed by atoms with van der Waals surface area (Å²) in [6.45, 7) is 7.21. The maximum absolute atomic E-state index is 12.3. The Balaban J connectivity index is 2.26. The van der Waals surface area contributed by atoms with Crippen molar-refractivity contribution in [2.24, 2.45) is 5.41 Å². The third kappa shape index (κ3) is 2.15. The molecule has 1 aromatic carbocycles. The van der Waals surface area contributed by atoms with Crippen LogP contribution < -0.4 is 10.6 Å². The molecule has 1 atom stereocenters. The average molecular weight is 247 g/mol. The third-order valence-electron chi connectivity index (χ3n) is 3.56. The Hall–Kier alpha value is -1.71. The van der Waals surface area contributed by atoms with Gasteiger partial charge in [0.1, 0.15) is 0 Å². The Kier molecular flexibility index (Phi) is 2.97. The molecule has 0 aliphatic carbocycles. The number of nitrogen functional groups attached to an aromatic ring is 1. The molecule has 0 spiro atoms. The maximum Gasteiger partial charge on any atom is 0.324 e. The van der Waals surface area contributed by atoms with Crippen LogP contribution in [0.25, 0.3) is 0 Å². The lowest BCUT2D eigenvalue weighted by Crippen LogP contribution is -2.39. The number of carbonyl (C=O) groups is 1. The fraction of sp³-hybridized carbons (Fsp3) is 0.500. The zero-order chi connectivity index (χ0) is 13.5. The van der Waals surface area contributed by atoms with E-state index in [-0.39, 0.29) is 17.5 Å². The number of benzene rings is 1. The predicted octanol–water partition coefficient (Wildman–Crippen LogP) is 2.56. The highest BCUT2D eigenvalue weighted by Crippen LogP contribution is 2.32. The molecule has 0 radical (unpaired) electrons. The fourth-order valence-corrected chi connectivity index (χ4v) is 2.42. The SMILES string of the molecule is CN1C(=O)N(c2ccc(N)cc2)CC1C(C)(C)C. The zero-order valence-electron chi connectivity index (χ0n) is 11.5. The number of urea groups is 1. The second-order valence-electron chi connectivity index (χ2n) is 5.98. The van der Waals surface area contributed by atoms with E-state index in [9.17, 15) is 4.79 Å². The molecule has 0 saturated carbocycles. The fourth-order valence-electron chi connectivity index (χ4n) is 2.42. The molecule has 1 saturated heterocycles. The molecule has 1 heterocycles. The summed E-state index contributed by atoms with van der Waals surface area (Å²) >= 11 is 0. The molecule has 0 bridgehead atoms. The van der Waals surface area contributed by atoms with E-state index < -0.39 is 0 Å². The van der Waals surface area contributed by atoms with Crippen LogP contribution in [0.2, 0.25) is 0 Å². The highest BCUT2D eigenvalue weighted by atomic mass is 16.2. The number of likely N-dealkylation sites (N-methyl/N-ethyl adjacent to an activating group) is 1. The highest BCUT2D eigenvalue weighted by Gasteiger charge is 2.41. The van der Waals surface area contributed by atoms with Gasteiger partial charge in [0.25, 0.3) is 0 Å². The number of hydrogen-bond acceptors (Lipinski definition) is 2. The molecule has 1 aliphatic heterocycles. The van der Waals surface area contributed by atoms with Crippen molar-refractivity contribution in [3.8, 4) is 0 Å². The maximum atomic E-state index is 12.3. The minimum Gasteiger partial charge on any atom is -0.399 e.